The Bertz CT molecular complexity index is 785. The van der Waals surface area contributed by atoms with Crippen molar-refractivity contribution in [1.29, 1.82) is 0 Å². The molecule has 0 aliphatic heterocycles. The molecule has 0 aromatic heterocycles. The van der Waals surface area contributed by atoms with E-state index < -0.39 is 0 Å². The maximum absolute atomic E-state index is 12.3. The van der Waals surface area contributed by atoms with Crippen LogP contribution in [0.2, 0.25) is 5.02 Å². The molecule has 138 valence electrons. The summed E-state index contributed by atoms with van der Waals surface area (Å²) >= 11 is 6.26. The van der Waals surface area contributed by atoms with Gasteiger partial charge in [-0.25, -0.2) is 0 Å². The van der Waals surface area contributed by atoms with Gasteiger partial charge < -0.3 is 10.1 Å². The van der Waals surface area contributed by atoms with Crippen molar-refractivity contribution in [3.8, 4) is 5.75 Å². The van der Waals surface area contributed by atoms with Crippen LogP contribution in [0.1, 0.15) is 48.7 Å². The maximum Gasteiger partial charge on any atom is 0.262 e. The zero-order chi connectivity index (χ0) is 19.1. The van der Waals surface area contributed by atoms with Crippen LogP contribution in [0.25, 0.3) is 0 Å². The molecule has 0 spiro atoms. The summed E-state index contributed by atoms with van der Waals surface area (Å²) in [7, 11) is 0. The Kier molecular flexibility index (Phi) is 7.22. The van der Waals surface area contributed by atoms with Crippen LogP contribution in [0.15, 0.2) is 36.4 Å². The molecule has 0 unspecified atom stereocenters. The van der Waals surface area contributed by atoms with Gasteiger partial charge in [-0.05, 0) is 54.3 Å². The standard InChI is InChI=1S/C21H24ClNO3/c1-4-14-9-12-18(22)17(5-2)21(14)23-20(25)13-26-16-10-7-15(8-11-16)19(24)6-3/h7-12H,4-6,13H2,1-3H3,(H,23,25). The van der Waals surface area contributed by atoms with Crippen molar-refractivity contribution in [3.63, 3.8) is 0 Å². The lowest BCUT2D eigenvalue weighted by Crippen LogP contribution is -2.22. The van der Waals surface area contributed by atoms with Crippen molar-refractivity contribution in [2.75, 3.05) is 11.9 Å². The molecule has 5 heteroatoms. The van der Waals surface area contributed by atoms with Gasteiger partial charge in [0.25, 0.3) is 5.91 Å². The second kappa shape index (κ2) is 9.39. The Morgan fingerprint density at radius 2 is 1.69 bits per heavy atom. The molecule has 0 atom stereocenters. The van der Waals surface area contributed by atoms with E-state index in [0.717, 1.165) is 29.7 Å². The fraction of sp³-hybridized carbons (Fsp3) is 0.333. The zero-order valence-electron chi connectivity index (χ0n) is 15.4. The molecule has 0 bridgehead atoms. The summed E-state index contributed by atoms with van der Waals surface area (Å²) in [6.45, 7) is 5.75. The summed E-state index contributed by atoms with van der Waals surface area (Å²) in [4.78, 5) is 23.9. The van der Waals surface area contributed by atoms with Gasteiger partial charge in [-0.1, -0.05) is 38.4 Å². The van der Waals surface area contributed by atoms with Crippen molar-refractivity contribution in [2.45, 2.75) is 40.0 Å². The van der Waals surface area contributed by atoms with Crippen LogP contribution in [-0.2, 0) is 17.6 Å². The minimum absolute atomic E-state index is 0.0782. The van der Waals surface area contributed by atoms with Crippen molar-refractivity contribution in [3.05, 3.63) is 58.1 Å². The number of amides is 1. The molecule has 4 nitrogen and oxygen atoms in total. The summed E-state index contributed by atoms with van der Waals surface area (Å²) < 4.78 is 5.53. The van der Waals surface area contributed by atoms with Crippen molar-refractivity contribution >= 4 is 29.0 Å². The molecule has 2 aromatic carbocycles. The summed E-state index contributed by atoms with van der Waals surface area (Å²) in [5.74, 6) is 0.380. The van der Waals surface area contributed by atoms with E-state index in [4.69, 9.17) is 16.3 Å². The van der Waals surface area contributed by atoms with Gasteiger partial charge in [-0.3, -0.25) is 9.59 Å². The largest absolute Gasteiger partial charge is 0.484 e. The molecular formula is C21H24ClNO3. The third kappa shape index (κ3) is 4.85. The van der Waals surface area contributed by atoms with Gasteiger partial charge in [-0.15, -0.1) is 0 Å². The number of Topliss-reactive ketones (excluding diaryl/α,β-unsaturated/α-hetero) is 1. The number of carbonyl (C=O) groups is 2. The van der Waals surface area contributed by atoms with Gasteiger partial charge in [0.2, 0.25) is 0 Å². The van der Waals surface area contributed by atoms with Gasteiger partial charge >= 0.3 is 0 Å². The number of aryl methyl sites for hydroxylation is 1. The number of hydrogen-bond acceptors (Lipinski definition) is 3. The van der Waals surface area contributed by atoms with E-state index in [0.29, 0.717) is 22.8 Å². The lowest BCUT2D eigenvalue weighted by atomic mass is 10.0. The maximum atomic E-state index is 12.3. The quantitative estimate of drug-likeness (QED) is 0.657. The highest BCUT2D eigenvalue weighted by molar-refractivity contribution is 6.32. The first-order valence-corrected chi connectivity index (χ1v) is 9.24. The summed E-state index contributed by atoms with van der Waals surface area (Å²) in [5.41, 5.74) is 3.40. The first-order chi connectivity index (χ1) is 12.5. The van der Waals surface area contributed by atoms with E-state index in [1.807, 2.05) is 32.9 Å². The highest BCUT2D eigenvalue weighted by Crippen LogP contribution is 2.29. The normalized spacial score (nSPS) is 10.5. The molecule has 0 fully saturated rings. The summed E-state index contributed by atoms with van der Waals surface area (Å²) in [6, 6.07) is 10.6. The molecule has 26 heavy (non-hydrogen) atoms. The van der Waals surface area contributed by atoms with Crippen molar-refractivity contribution in [2.24, 2.45) is 0 Å². The third-order valence-corrected chi connectivity index (χ3v) is 4.56. The fourth-order valence-electron chi connectivity index (χ4n) is 2.73. The number of benzene rings is 2. The molecule has 0 saturated carbocycles. The van der Waals surface area contributed by atoms with E-state index in [1.165, 1.54) is 0 Å². The molecule has 1 N–H and O–H groups in total. The van der Waals surface area contributed by atoms with Crippen LogP contribution >= 0.6 is 11.6 Å². The highest BCUT2D eigenvalue weighted by Gasteiger charge is 2.13. The molecular weight excluding hydrogens is 350 g/mol. The number of halogens is 1. The highest BCUT2D eigenvalue weighted by atomic mass is 35.5. The monoisotopic (exact) mass is 373 g/mol. The molecule has 0 heterocycles. The topological polar surface area (TPSA) is 55.4 Å². The summed E-state index contributed by atoms with van der Waals surface area (Å²) in [6.07, 6.45) is 1.99. The zero-order valence-corrected chi connectivity index (χ0v) is 16.2. The SMILES string of the molecule is CCC(=O)c1ccc(OCC(=O)Nc2c(CC)ccc(Cl)c2CC)cc1. The van der Waals surface area contributed by atoms with Crippen LogP contribution in [0, 0.1) is 0 Å². The van der Waals surface area contributed by atoms with E-state index in [2.05, 4.69) is 5.32 Å². The number of nitrogens with one attached hydrogen (secondary N) is 1. The molecule has 0 radical (unpaired) electrons. The summed E-state index contributed by atoms with van der Waals surface area (Å²) in [5, 5.41) is 3.58. The smallest absolute Gasteiger partial charge is 0.262 e. The molecule has 0 saturated heterocycles. The predicted molar refractivity (Wildman–Crippen MR) is 105 cm³/mol. The van der Waals surface area contributed by atoms with Gasteiger partial charge in [0.05, 0.1) is 0 Å². The predicted octanol–water partition coefficient (Wildman–Crippen LogP) is 5.08. The average molecular weight is 374 g/mol. The molecule has 2 rings (SSSR count). The van der Waals surface area contributed by atoms with Gasteiger partial charge in [0.15, 0.2) is 12.4 Å². The lowest BCUT2D eigenvalue weighted by molar-refractivity contribution is -0.118. The molecule has 0 aliphatic carbocycles. The molecule has 1 amide bonds. The second-order valence-corrected chi connectivity index (χ2v) is 6.31. The first kappa shape index (κ1) is 20.0. The molecule has 0 aliphatic rings. The third-order valence-electron chi connectivity index (χ3n) is 4.21. The Balaban J connectivity index is 2.03. The van der Waals surface area contributed by atoms with E-state index >= 15 is 0 Å². The van der Waals surface area contributed by atoms with Crippen LogP contribution in [0.4, 0.5) is 5.69 Å². The number of ketones is 1. The Morgan fingerprint density at radius 3 is 2.27 bits per heavy atom. The Morgan fingerprint density at radius 1 is 1.00 bits per heavy atom. The number of carbonyl (C=O) groups excluding carboxylic acids is 2. The van der Waals surface area contributed by atoms with Gasteiger partial charge in [0.1, 0.15) is 5.75 Å². The lowest BCUT2D eigenvalue weighted by Gasteiger charge is -2.16. The number of anilines is 1. The van der Waals surface area contributed by atoms with E-state index in [1.54, 1.807) is 24.3 Å². The van der Waals surface area contributed by atoms with E-state index in [9.17, 15) is 9.59 Å². The number of ether oxygens (including phenoxy) is 1. The number of rotatable bonds is 8. The van der Waals surface area contributed by atoms with E-state index in [-0.39, 0.29) is 18.3 Å². The van der Waals surface area contributed by atoms with Crippen molar-refractivity contribution < 1.29 is 14.3 Å². The van der Waals surface area contributed by atoms with Crippen LogP contribution < -0.4 is 10.1 Å². The number of hydrogen-bond donors (Lipinski definition) is 1. The van der Waals surface area contributed by atoms with Crippen LogP contribution in [0.3, 0.4) is 0 Å². The minimum atomic E-state index is -0.245. The Labute approximate surface area is 159 Å². The minimum Gasteiger partial charge on any atom is -0.484 e. The fourth-order valence-corrected chi connectivity index (χ4v) is 3.02. The first-order valence-electron chi connectivity index (χ1n) is 8.86. The van der Waals surface area contributed by atoms with Crippen LogP contribution in [0.5, 0.6) is 5.75 Å². The second-order valence-electron chi connectivity index (χ2n) is 5.91. The van der Waals surface area contributed by atoms with Crippen LogP contribution in [-0.4, -0.2) is 18.3 Å². The molecule has 2 aromatic rings. The van der Waals surface area contributed by atoms with Crippen molar-refractivity contribution in [1.82, 2.24) is 0 Å². The van der Waals surface area contributed by atoms with Gasteiger partial charge in [-0.2, -0.15) is 0 Å². The van der Waals surface area contributed by atoms with Gasteiger partial charge in [0, 0.05) is 22.7 Å². The Hall–Kier alpha value is -2.33. The average Bonchev–Trinajstić information content (AvgIpc) is 2.66.